The summed E-state index contributed by atoms with van der Waals surface area (Å²) in [5.41, 5.74) is 0. The van der Waals surface area contributed by atoms with E-state index in [1.165, 1.54) is 13.0 Å². The molecule has 1 atom stereocenters. The van der Waals surface area contributed by atoms with Gasteiger partial charge in [-0.1, -0.05) is 11.3 Å². The lowest BCUT2D eigenvalue weighted by molar-refractivity contribution is 0.194. The molecule has 1 unspecified atom stereocenters. The van der Waals surface area contributed by atoms with Crippen molar-refractivity contribution >= 4 is 16.5 Å². The Balaban J connectivity index is 1.94. The predicted molar refractivity (Wildman–Crippen MR) is 76.1 cm³/mol. The number of hydrogen-bond donors (Lipinski definition) is 1. The van der Waals surface area contributed by atoms with Gasteiger partial charge in [0.25, 0.3) is 0 Å². The van der Waals surface area contributed by atoms with Crippen molar-refractivity contribution in [1.82, 2.24) is 20.0 Å². The number of nitrogens with one attached hydrogen (secondary N) is 1. The molecule has 5 nitrogen and oxygen atoms in total. The first-order valence-corrected chi connectivity index (χ1v) is 7.49. The van der Waals surface area contributed by atoms with Gasteiger partial charge < -0.3 is 10.2 Å². The van der Waals surface area contributed by atoms with E-state index in [4.69, 9.17) is 0 Å². The highest BCUT2D eigenvalue weighted by atomic mass is 32.1. The summed E-state index contributed by atoms with van der Waals surface area (Å²) in [5.74, 6) is 0. The van der Waals surface area contributed by atoms with Gasteiger partial charge in [-0.05, 0) is 33.9 Å². The highest BCUT2D eigenvalue weighted by Crippen LogP contribution is 2.19. The van der Waals surface area contributed by atoms with Gasteiger partial charge in [-0.3, -0.25) is 4.90 Å². The fourth-order valence-electron chi connectivity index (χ4n) is 2.37. The average Bonchev–Trinajstić information content (AvgIpc) is 2.69. The molecule has 1 saturated heterocycles. The molecule has 1 aromatic rings. The Kier molecular flexibility index (Phi) is 4.91. The predicted octanol–water partition coefficient (Wildman–Crippen LogP) is 1.50. The maximum Gasteiger partial charge on any atom is 0.205 e. The minimum atomic E-state index is 0.587. The highest BCUT2D eigenvalue weighted by Gasteiger charge is 2.20. The summed E-state index contributed by atoms with van der Waals surface area (Å²) in [6.07, 6.45) is 1.24. The van der Waals surface area contributed by atoms with Crippen LogP contribution in [0.1, 0.15) is 25.3 Å². The standard InChI is InChI=1S/C12H23N5S/c1-4-13-12-15-14-11(18-12)9-17-7-5-6-16(3)8-10(17)2/h10H,4-9H2,1-3H3,(H,13,15). The molecule has 0 aromatic carbocycles. The monoisotopic (exact) mass is 269 g/mol. The van der Waals surface area contributed by atoms with Gasteiger partial charge in [0.2, 0.25) is 5.13 Å². The van der Waals surface area contributed by atoms with E-state index in [2.05, 4.69) is 46.2 Å². The van der Waals surface area contributed by atoms with Crippen LogP contribution in [0.5, 0.6) is 0 Å². The molecular formula is C12H23N5S. The fraction of sp³-hybridized carbons (Fsp3) is 0.833. The van der Waals surface area contributed by atoms with Crippen molar-refractivity contribution in [2.24, 2.45) is 0 Å². The minimum Gasteiger partial charge on any atom is -0.360 e. The van der Waals surface area contributed by atoms with E-state index in [1.807, 2.05) is 0 Å². The number of likely N-dealkylation sites (N-methyl/N-ethyl adjacent to an activating group) is 1. The van der Waals surface area contributed by atoms with E-state index < -0.39 is 0 Å². The number of hydrogen-bond acceptors (Lipinski definition) is 6. The van der Waals surface area contributed by atoms with Gasteiger partial charge in [0.15, 0.2) is 0 Å². The van der Waals surface area contributed by atoms with Gasteiger partial charge in [0.1, 0.15) is 5.01 Å². The Labute approximate surface area is 113 Å². The molecule has 0 aliphatic carbocycles. The smallest absolute Gasteiger partial charge is 0.205 e. The van der Waals surface area contributed by atoms with Crippen molar-refractivity contribution in [3.05, 3.63) is 5.01 Å². The maximum atomic E-state index is 4.26. The lowest BCUT2D eigenvalue weighted by atomic mass is 10.3. The van der Waals surface area contributed by atoms with E-state index in [9.17, 15) is 0 Å². The van der Waals surface area contributed by atoms with Gasteiger partial charge in [-0.25, -0.2) is 0 Å². The SMILES string of the molecule is CCNc1nnc(CN2CCCN(C)CC2C)s1. The highest BCUT2D eigenvalue weighted by molar-refractivity contribution is 7.15. The van der Waals surface area contributed by atoms with Crippen molar-refractivity contribution in [2.75, 3.05) is 38.5 Å². The zero-order valence-corrected chi connectivity index (χ0v) is 12.3. The molecule has 1 aliphatic rings. The first-order chi connectivity index (χ1) is 8.69. The fourth-order valence-corrected chi connectivity index (χ4v) is 3.20. The Morgan fingerprint density at radius 3 is 3.00 bits per heavy atom. The molecule has 1 N–H and O–H groups in total. The molecule has 1 aromatic heterocycles. The third kappa shape index (κ3) is 3.63. The Morgan fingerprint density at radius 1 is 1.39 bits per heavy atom. The van der Waals surface area contributed by atoms with Gasteiger partial charge in [-0.15, -0.1) is 10.2 Å². The van der Waals surface area contributed by atoms with Crippen LogP contribution < -0.4 is 5.32 Å². The molecule has 102 valence electrons. The van der Waals surface area contributed by atoms with Crippen LogP contribution in [0, 0.1) is 0 Å². The van der Waals surface area contributed by atoms with Crippen molar-refractivity contribution in [3.8, 4) is 0 Å². The van der Waals surface area contributed by atoms with Crippen molar-refractivity contribution in [2.45, 2.75) is 32.9 Å². The Hall–Kier alpha value is -0.720. The summed E-state index contributed by atoms with van der Waals surface area (Å²) in [7, 11) is 2.20. The molecule has 6 heteroatoms. The van der Waals surface area contributed by atoms with E-state index in [-0.39, 0.29) is 0 Å². The summed E-state index contributed by atoms with van der Waals surface area (Å²) in [4.78, 5) is 4.93. The third-order valence-corrected chi connectivity index (χ3v) is 4.18. The molecule has 2 heterocycles. The third-order valence-electron chi connectivity index (χ3n) is 3.32. The van der Waals surface area contributed by atoms with Crippen molar-refractivity contribution in [1.29, 1.82) is 0 Å². The summed E-state index contributed by atoms with van der Waals surface area (Å²) in [5, 5.41) is 13.7. The molecule has 0 radical (unpaired) electrons. The largest absolute Gasteiger partial charge is 0.360 e. The van der Waals surface area contributed by atoms with Gasteiger partial charge >= 0.3 is 0 Å². The first-order valence-electron chi connectivity index (χ1n) is 6.68. The second kappa shape index (κ2) is 6.45. The average molecular weight is 269 g/mol. The van der Waals surface area contributed by atoms with Gasteiger partial charge in [0, 0.05) is 25.7 Å². The molecule has 0 saturated carbocycles. The Bertz CT molecular complexity index is 367. The molecule has 0 bridgehead atoms. The van der Waals surface area contributed by atoms with Crippen LogP contribution in [0.4, 0.5) is 5.13 Å². The van der Waals surface area contributed by atoms with Gasteiger partial charge in [0.05, 0.1) is 6.54 Å². The van der Waals surface area contributed by atoms with E-state index >= 15 is 0 Å². The minimum absolute atomic E-state index is 0.587. The maximum absolute atomic E-state index is 4.26. The van der Waals surface area contributed by atoms with E-state index in [0.717, 1.165) is 36.3 Å². The van der Waals surface area contributed by atoms with Crippen LogP contribution >= 0.6 is 11.3 Å². The molecule has 0 amide bonds. The van der Waals surface area contributed by atoms with Crippen LogP contribution in [0.3, 0.4) is 0 Å². The molecule has 0 spiro atoms. The zero-order valence-electron chi connectivity index (χ0n) is 11.5. The number of nitrogens with zero attached hydrogens (tertiary/aromatic N) is 4. The Morgan fingerprint density at radius 2 is 2.22 bits per heavy atom. The molecule has 18 heavy (non-hydrogen) atoms. The number of rotatable bonds is 4. The van der Waals surface area contributed by atoms with Crippen LogP contribution in [-0.4, -0.2) is 59.3 Å². The van der Waals surface area contributed by atoms with Crippen LogP contribution in [0.25, 0.3) is 0 Å². The lowest BCUT2D eigenvalue weighted by Crippen LogP contribution is -2.37. The van der Waals surface area contributed by atoms with E-state index in [1.54, 1.807) is 11.3 Å². The van der Waals surface area contributed by atoms with E-state index in [0.29, 0.717) is 6.04 Å². The number of anilines is 1. The normalized spacial score (nSPS) is 22.9. The summed E-state index contributed by atoms with van der Waals surface area (Å²) in [6, 6.07) is 0.587. The van der Waals surface area contributed by atoms with Crippen molar-refractivity contribution in [3.63, 3.8) is 0 Å². The first kappa shape index (κ1) is 13.7. The summed E-state index contributed by atoms with van der Waals surface area (Å²) >= 11 is 1.67. The van der Waals surface area contributed by atoms with Crippen LogP contribution in [0.2, 0.25) is 0 Å². The van der Waals surface area contributed by atoms with Crippen LogP contribution in [-0.2, 0) is 6.54 Å². The molecular weight excluding hydrogens is 246 g/mol. The second-order valence-electron chi connectivity index (χ2n) is 4.97. The summed E-state index contributed by atoms with van der Waals surface area (Å²) < 4.78 is 0. The van der Waals surface area contributed by atoms with Gasteiger partial charge in [-0.2, -0.15) is 0 Å². The van der Waals surface area contributed by atoms with Crippen LogP contribution in [0.15, 0.2) is 0 Å². The zero-order chi connectivity index (χ0) is 13.0. The molecule has 2 rings (SSSR count). The molecule has 1 fully saturated rings. The molecule has 1 aliphatic heterocycles. The summed E-state index contributed by atoms with van der Waals surface area (Å²) in [6.45, 7) is 9.69. The number of aromatic nitrogens is 2. The van der Waals surface area contributed by atoms with Crippen molar-refractivity contribution < 1.29 is 0 Å². The second-order valence-corrected chi connectivity index (χ2v) is 6.03. The topological polar surface area (TPSA) is 44.3 Å². The lowest BCUT2D eigenvalue weighted by Gasteiger charge is -2.26. The quantitative estimate of drug-likeness (QED) is 0.897.